The average Bonchev–Trinajstić information content (AvgIpc) is 2.78. The molecule has 2 heterocycles. The van der Waals surface area contributed by atoms with Gasteiger partial charge in [0.05, 0.1) is 5.69 Å². The molecule has 0 radical (unpaired) electrons. The Morgan fingerprint density at radius 2 is 2.29 bits per heavy atom. The van der Waals surface area contributed by atoms with Gasteiger partial charge < -0.3 is 5.32 Å². The number of carbonyl (C=O) groups excluding carboxylic acids is 2. The van der Waals surface area contributed by atoms with Crippen LogP contribution in [-0.4, -0.2) is 23.3 Å². The molecule has 21 heavy (non-hydrogen) atoms. The predicted molar refractivity (Wildman–Crippen MR) is 82.2 cm³/mol. The van der Waals surface area contributed by atoms with E-state index >= 15 is 0 Å². The lowest BCUT2D eigenvalue weighted by Crippen LogP contribution is -2.21. The first kappa shape index (κ1) is 14.0. The third kappa shape index (κ3) is 3.06. The van der Waals surface area contributed by atoms with E-state index in [1.165, 1.54) is 11.3 Å². The van der Waals surface area contributed by atoms with E-state index in [1.54, 1.807) is 24.3 Å². The zero-order valence-electron chi connectivity index (χ0n) is 11.0. The summed E-state index contributed by atoms with van der Waals surface area (Å²) in [5.41, 5.74) is 1.20. The van der Waals surface area contributed by atoms with Crippen molar-refractivity contribution in [3.63, 3.8) is 0 Å². The van der Waals surface area contributed by atoms with Crippen molar-refractivity contribution in [2.45, 2.75) is 12.8 Å². The lowest BCUT2D eigenvalue weighted by molar-refractivity contribution is 0.0958. The van der Waals surface area contributed by atoms with Crippen molar-refractivity contribution >= 4 is 39.9 Å². The van der Waals surface area contributed by atoms with Gasteiger partial charge in [-0.1, -0.05) is 29.0 Å². The Kier molecular flexibility index (Phi) is 3.90. The third-order valence-electron chi connectivity index (χ3n) is 3.09. The van der Waals surface area contributed by atoms with Gasteiger partial charge in [-0.25, -0.2) is 4.98 Å². The highest BCUT2D eigenvalue weighted by atomic mass is 35.5. The molecule has 5 nitrogen and oxygen atoms in total. The van der Waals surface area contributed by atoms with Gasteiger partial charge in [0, 0.05) is 17.1 Å². The van der Waals surface area contributed by atoms with Gasteiger partial charge in [0.2, 0.25) is 0 Å². The van der Waals surface area contributed by atoms with Crippen molar-refractivity contribution in [1.82, 2.24) is 10.3 Å². The van der Waals surface area contributed by atoms with Gasteiger partial charge in [-0.05, 0) is 31.0 Å². The van der Waals surface area contributed by atoms with Crippen LogP contribution in [0.1, 0.15) is 32.1 Å². The van der Waals surface area contributed by atoms with Crippen molar-refractivity contribution in [3.8, 4) is 0 Å². The standard InChI is InChI=1S/C14H12ClN3O2S/c15-9-4-1-3-8(7-9)12(19)18-14-17-10-5-2-6-16-13(20)11(10)21-14/h1,3-4,7H,2,5-6H2,(H,16,20)(H,17,18,19). The monoisotopic (exact) mass is 321 g/mol. The molecule has 2 N–H and O–H groups in total. The number of amides is 2. The van der Waals surface area contributed by atoms with E-state index in [9.17, 15) is 9.59 Å². The summed E-state index contributed by atoms with van der Waals surface area (Å²) in [5.74, 6) is -0.412. The first-order valence-corrected chi connectivity index (χ1v) is 7.68. The Morgan fingerprint density at radius 1 is 1.43 bits per heavy atom. The molecule has 0 aliphatic carbocycles. The van der Waals surface area contributed by atoms with Gasteiger partial charge in [-0.15, -0.1) is 0 Å². The fraction of sp³-hybridized carbons (Fsp3) is 0.214. The van der Waals surface area contributed by atoms with Crippen LogP contribution in [0.2, 0.25) is 5.02 Å². The Balaban J connectivity index is 1.81. The highest BCUT2D eigenvalue weighted by Gasteiger charge is 2.21. The molecule has 0 saturated carbocycles. The molecule has 2 amide bonds. The number of aromatic nitrogens is 1. The van der Waals surface area contributed by atoms with Gasteiger partial charge in [0.15, 0.2) is 5.13 Å². The minimum Gasteiger partial charge on any atom is -0.351 e. The average molecular weight is 322 g/mol. The Morgan fingerprint density at radius 3 is 3.10 bits per heavy atom. The Labute approximate surface area is 130 Å². The second kappa shape index (κ2) is 5.83. The normalized spacial score (nSPS) is 14.0. The summed E-state index contributed by atoms with van der Waals surface area (Å²) in [7, 11) is 0. The molecule has 0 saturated heterocycles. The summed E-state index contributed by atoms with van der Waals surface area (Å²) >= 11 is 7.06. The van der Waals surface area contributed by atoms with Crippen LogP contribution in [-0.2, 0) is 6.42 Å². The van der Waals surface area contributed by atoms with E-state index in [2.05, 4.69) is 15.6 Å². The molecule has 0 bridgehead atoms. The van der Waals surface area contributed by atoms with Crippen molar-refractivity contribution in [3.05, 3.63) is 45.4 Å². The van der Waals surface area contributed by atoms with E-state index in [-0.39, 0.29) is 11.8 Å². The first-order chi connectivity index (χ1) is 10.1. The molecule has 0 fully saturated rings. The molecule has 1 aromatic carbocycles. The molecule has 3 rings (SSSR count). The van der Waals surface area contributed by atoms with E-state index in [4.69, 9.17) is 11.6 Å². The number of rotatable bonds is 2. The smallest absolute Gasteiger partial charge is 0.263 e. The molecule has 0 unspecified atom stereocenters. The topological polar surface area (TPSA) is 71.1 Å². The van der Waals surface area contributed by atoms with Crippen molar-refractivity contribution < 1.29 is 9.59 Å². The summed E-state index contributed by atoms with van der Waals surface area (Å²) in [4.78, 5) is 28.9. The first-order valence-electron chi connectivity index (χ1n) is 6.48. The fourth-order valence-electron chi connectivity index (χ4n) is 2.09. The number of benzene rings is 1. The van der Waals surface area contributed by atoms with Crippen molar-refractivity contribution in [1.29, 1.82) is 0 Å². The molecule has 0 spiro atoms. The van der Waals surface area contributed by atoms with E-state index in [0.717, 1.165) is 18.5 Å². The maximum Gasteiger partial charge on any atom is 0.263 e. The summed E-state index contributed by atoms with van der Waals surface area (Å²) in [6.07, 6.45) is 1.59. The molecule has 2 aromatic rings. The molecule has 0 atom stereocenters. The molecular formula is C14H12ClN3O2S. The third-order valence-corrected chi connectivity index (χ3v) is 4.33. The van der Waals surface area contributed by atoms with Gasteiger partial charge in [-0.2, -0.15) is 0 Å². The maximum atomic E-state index is 12.1. The second-order valence-corrected chi connectivity index (χ2v) is 6.05. The Hall–Kier alpha value is -1.92. The highest BCUT2D eigenvalue weighted by Crippen LogP contribution is 2.26. The zero-order valence-corrected chi connectivity index (χ0v) is 12.6. The number of hydrogen-bond acceptors (Lipinski definition) is 4. The van der Waals surface area contributed by atoms with Crippen LogP contribution in [0.25, 0.3) is 0 Å². The van der Waals surface area contributed by atoms with Crippen molar-refractivity contribution in [2.75, 3.05) is 11.9 Å². The number of aryl methyl sites for hydroxylation is 1. The minimum absolute atomic E-state index is 0.122. The number of thiazole rings is 1. The number of nitrogens with zero attached hydrogens (tertiary/aromatic N) is 1. The van der Waals surface area contributed by atoms with Crippen LogP contribution >= 0.6 is 22.9 Å². The van der Waals surface area contributed by atoms with Gasteiger partial charge in [-0.3, -0.25) is 14.9 Å². The van der Waals surface area contributed by atoms with Gasteiger partial charge in [0.1, 0.15) is 4.88 Å². The largest absolute Gasteiger partial charge is 0.351 e. The van der Waals surface area contributed by atoms with E-state index in [1.807, 2.05) is 0 Å². The molecule has 7 heteroatoms. The Bertz CT molecular complexity index is 714. The van der Waals surface area contributed by atoms with Crippen LogP contribution in [0.15, 0.2) is 24.3 Å². The fourth-order valence-corrected chi connectivity index (χ4v) is 3.20. The summed E-state index contributed by atoms with van der Waals surface area (Å²) in [5, 5.41) is 6.45. The van der Waals surface area contributed by atoms with Gasteiger partial charge >= 0.3 is 0 Å². The number of fused-ring (bicyclic) bond motifs is 1. The highest BCUT2D eigenvalue weighted by molar-refractivity contribution is 7.17. The van der Waals surface area contributed by atoms with Crippen molar-refractivity contribution in [2.24, 2.45) is 0 Å². The predicted octanol–water partition coefficient (Wildman–Crippen LogP) is 2.72. The van der Waals surface area contributed by atoms with Crippen LogP contribution in [0.3, 0.4) is 0 Å². The van der Waals surface area contributed by atoms with Crippen LogP contribution < -0.4 is 10.6 Å². The number of hydrogen-bond donors (Lipinski definition) is 2. The van der Waals surface area contributed by atoms with Crippen LogP contribution in [0, 0.1) is 0 Å². The van der Waals surface area contributed by atoms with Crippen LogP contribution in [0.5, 0.6) is 0 Å². The number of nitrogens with one attached hydrogen (secondary N) is 2. The minimum atomic E-state index is -0.290. The zero-order chi connectivity index (χ0) is 14.8. The second-order valence-electron chi connectivity index (χ2n) is 4.62. The van der Waals surface area contributed by atoms with E-state index < -0.39 is 0 Å². The molecular weight excluding hydrogens is 310 g/mol. The molecule has 108 valence electrons. The van der Waals surface area contributed by atoms with E-state index in [0.29, 0.717) is 27.1 Å². The maximum absolute atomic E-state index is 12.1. The van der Waals surface area contributed by atoms with Crippen LogP contribution in [0.4, 0.5) is 5.13 Å². The SMILES string of the molecule is O=C(Nc1nc2c(s1)C(=O)NCCC2)c1cccc(Cl)c1. The summed E-state index contributed by atoms with van der Waals surface area (Å²) in [6, 6.07) is 6.67. The lowest BCUT2D eigenvalue weighted by Gasteiger charge is -2.02. The number of anilines is 1. The molecule has 1 aliphatic heterocycles. The quantitative estimate of drug-likeness (QED) is 0.893. The van der Waals surface area contributed by atoms with Gasteiger partial charge in [0.25, 0.3) is 11.8 Å². The summed E-state index contributed by atoms with van der Waals surface area (Å²) in [6.45, 7) is 0.659. The number of carbonyl (C=O) groups is 2. The summed E-state index contributed by atoms with van der Waals surface area (Å²) < 4.78 is 0. The molecule has 1 aromatic heterocycles. The lowest BCUT2D eigenvalue weighted by atomic mass is 10.2. The number of halogens is 1. The molecule has 1 aliphatic rings.